The fourth-order valence-corrected chi connectivity index (χ4v) is 5.03. The van der Waals surface area contributed by atoms with Crippen LogP contribution in [0.5, 0.6) is 11.5 Å². The third-order valence-corrected chi connectivity index (χ3v) is 7.01. The maximum absolute atomic E-state index is 10.5. The topological polar surface area (TPSA) is 109 Å². The Morgan fingerprint density at radius 1 is 0.875 bits per heavy atom. The van der Waals surface area contributed by atoms with Gasteiger partial charge in [0, 0.05) is 5.02 Å². The molecule has 2 aliphatic heterocycles. The molecule has 2 fully saturated rings. The lowest BCUT2D eigenvalue weighted by atomic mass is 9.90. The van der Waals surface area contributed by atoms with Crippen molar-refractivity contribution in [3.63, 3.8) is 0 Å². The Morgan fingerprint density at radius 2 is 1.62 bits per heavy atom. The SMILES string of the molecule is OC[C@H]1O[C@H](c2ccc(Cl)c(Cc3ccc4c(c3)OC3CCCC3O4)c2)[C@H](O)[C@@H](O)[C@@H]1O. The van der Waals surface area contributed by atoms with Gasteiger partial charge < -0.3 is 34.6 Å². The van der Waals surface area contributed by atoms with Crippen molar-refractivity contribution in [3.8, 4) is 11.5 Å². The number of aliphatic hydroxyl groups is 4. The summed E-state index contributed by atoms with van der Waals surface area (Å²) in [5.74, 6) is 1.50. The van der Waals surface area contributed by atoms with Gasteiger partial charge in [-0.25, -0.2) is 0 Å². The maximum atomic E-state index is 10.5. The normalized spacial score (nSPS) is 33.7. The molecule has 2 aromatic carbocycles. The summed E-state index contributed by atoms with van der Waals surface area (Å²) in [5.41, 5.74) is 2.42. The molecule has 5 rings (SSSR count). The molecule has 2 unspecified atom stereocenters. The largest absolute Gasteiger partial charge is 0.483 e. The maximum Gasteiger partial charge on any atom is 0.162 e. The zero-order valence-corrected chi connectivity index (χ0v) is 18.2. The number of halogens is 1. The Balaban J connectivity index is 1.38. The lowest BCUT2D eigenvalue weighted by molar-refractivity contribution is -0.231. The van der Waals surface area contributed by atoms with Gasteiger partial charge in [0.15, 0.2) is 11.5 Å². The van der Waals surface area contributed by atoms with Gasteiger partial charge in [0.25, 0.3) is 0 Å². The third-order valence-electron chi connectivity index (χ3n) is 6.64. The van der Waals surface area contributed by atoms with Gasteiger partial charge in [0.1, 0.15) is 42.7 Å². The number of ether oxygens (including phenoxy) is 3. The van der Waals surface area contributed by atoms with E-state index in [0.717, 1.165) is 41.9 Å². The predicted molar refractivity (Wildman–Crippen MR) is 116 cm³/mol. The van der Waals surface area contributed by atoms with Crippen molar-refractivity contribution in [2.45, 2.75) is 68.4 Å². The van der Waals surface area contributed by atoms with Crippen LogP contribution < -0.4 is 9.47 Å². The quantitative estimate of drug-likeness (QED) is 0.551. The van der Waals surface area contributed by atoms with Crippen molar-refractivity contribution >= 4 is 11.6 Å². The summed E-state index contributed by atoms with van der Waals surface area (Å²) in [4.78, 5) is 0. The van der Waals surface area contributed by atoms with Crippen LogP contribution in [0.15, 0.2) is 36.4 Å². The lowest BCUT2D eigenvalue weighted by Crippen LogP contribution is -2.55. The fraction of sp³-hybridized carbons (Fsp3) is 0.500. The summed E-state index contributed by atoms with van der Waals surface area (Å²) in [6, 6.07) is 11.1. The molecule has 0 spiro atoms. The number of aliphatic hydroxyl groups excluding tert-OH is 4. The first-order chi connectivity index (χ1) is 15.4. The minimum atomic E-state index is -1.43. The Kier molecular flexibility index (Phi) is 6.05. The van der Waals surface area contributed by atoms with E-state index >= 15 is 0 Å². The zero-order chi connectivity index (χ0) is 22.4. The molecule has 0 aromatic heterocycles. The molecule has 2 heterocycles. The summed E-state index contributed by atoms with van der Waals surface area (Å²) in [6.07, 6.45) is -2.13. The Bertz CT molecular complexity index is 981. The molecule has 7 atom stereocenters. The van der Waals surface area contributed by atoms with Gasteiger partial charge in [0.2, 0.25) is 0 Å². The van der Waals surface area contributed by atoms with Crippen molar-refractivity contribution in [1.82, 2.24) is 0 Å². The highest BCUT2D eigenvalue weighted by Crippen LogP contribution is 2.40. The third kappa shape index (κ3) is 3.98. The number of hydrogen-bond donors (Lipinski definition) is 4. The van der Waals surface area contributed by atoms with Crippen LogP contribution in [-0.4, -0.2) is 63.7 Å². The van der Waals surface area contributed by atoms with Crippen LogP contribution in [0.4, 0.5) is 0 Å². The van der Waals surface area contributed by atoms with Gasteiger partial charge in [-0.05, 0) is 60.6 Å². The molecule has 1 aliphatic carbocycles. The Hall–Kier alpha value is -1.87. The second kappa shape index (κ2) is 8.82. The van der Waals surface area contributed by atoms with Crippen LogP contribution in [0, 0.1) is 0 Å². The smallest absolute Gasteiger partial charge is 0.162 e. The van der Waals surface area contributed by atoms with E-state index in [1.807, 2.05) is 24.3 Å². The highest BCUT2D eigenvalue weighted by Gasteiger charge is 2.44. The highest BCUT2D eigenvalue weighted by molar-refractivity contribution is 6.31. The van der Waals surface area contributed by atoms with E-state index in [9.17, 15) is 20.4 Å². The number of rotatable bonds is 4. The minimum absolute atomic E-state index is 0.107. The molecular formula is C24H27ClO7. The van der Waals surface area contributed by atoms with Crippen LogP contribution in [0.3, 0.4) is 0 Å². The molecule has 32 heavy (non-hydrogen) atoms. The van der Waals surface area contributed by atoms with Crippen LogP contribution in [-0.2, 0) is 11.2 Å². The molecule has 1 saturated carbocycles. The molecule has 1 saturated heterocycles. The van der Waals surface area contributed by atoms with Gasteiger partial charge in [-0.3, -0.25) is 0 Å². The Labute approximate surface area is 191 Å². The van der Waals surface area contributed by atoms with Crippen LogP contribution >= 0.6 is 11.6 Å². The van der Waals surface area contributed by atoms with Crippen molar-refractivity contribution in [3.05, 3.63) is 58.1 Å². The molecule has 7 nitrogen and oxygen atoms in total. The summed E-state index contributed by atoms with van der Waals surface area (Å²) < 4.78 is 17.9. The molecule has 0 amide bonds. The van der Waals surface area contributed by atoms with Crippen LogP contribution in [0.25, 0.3) is 0 Å². The van der Waals surface area contributed by atoms with E-state index < -0.39 is 37.1 Å². The van der Waals surface area contributed by atoms with Gasteiger partial charge in [-0.15, -0.1) is 0 Å². The molecule has 4 N–H and O–H groups in total. The van der Waals surface area contributed by atoms with E-state index in [4.69, 9.17) is 25.8 Å². The van der Waals surface area contributed by atoms with Crippen LogP contribution in [0.1, 0.15) is 42.1 Å². The molecule has 3 aliphatic rings. The van der Waals surface area contributed by atoms with Crippen molar-refractivity contribution in [2.75, 3.05) is 6.61 Å². The average Bonchev–Trinajstić information content (AvgIpc) is 3.25. The second-order valence-electron chi connectivity index (χ2n) is 8.80. The first-order valence-electron chi connectivity index (χ1n) is 11.0. The molecular weight excluding hydrogens is 436 g/mol. The van der Waals surface area contributed by atoms with Gasteiger partial charge in [0.05, 0.1) is 6.61 Å². The summed E-state index contributed by atoms with van der Waals surface area (Å²) in [7, 11) is 0. The zero-order valence-electron chi connectivity index (χ0n) is 17.4. The molecule has 172 valence electrons. The molecule has 8 heteroatoms. The minimum Gasteiger partial charge on any atom is -0.483 e. The van der Waals surface area contributed by atoms with Crippen molar-refractivity contribution in [1.29, 1.82) is 0 Å². The fourth-order valence-electron chi connectivity index (χ4n) is 4.84. The van der Waals surface area contributed by atoms with Gasteiger partial charge >= 0.3 is 0 Å². The van der Waals surface area contributed by atoms with Gasteiger partial charge in [-0.1, -0.05) is 29.8 Å². The first-order valence-corrected chi connectivity index (χ1v) is 11.4. The summed E-state index contributed by atoms with van der Waals surface area (Å²) >= 11 is 6.46. The number of hydrogen-bond acceptors (Lipinski definition) is 7. The van der Waals surface area contributed by atoms with E-state index in [2.05, 4.69) is 0 Å². The van der Waals surface area contributed by atoms with Crippen molar-refractivity contribution in [2.24, 2.45) is 0 Å². The van der Waals surface area contributed by atoms with E-state index in [1.54, 1.807) is 12.1 Å². The number of fused-ring (bicyclic) bond motifs is 2. The van der Waals surface area contributed by atoms with E-state index in [1.165, 1.54) is 0 Å². The monoisotopic (exact) mass is 462 g/mol. The standard InChI is InChI=1S/C24H27ClO7/c25-15-6-5-13(24-23(29)22(28)21(27)20(11-26)32-24)10-14(15)8-12-4-7-18-19(9-12)31-17-3-1-2-16(17)30-18/h4-7,9-10,16-17,20-24,26-29H,1-3,8,11H2/t16?,17?,20-,21-,22+,23-,24-/m1/s1. The van der Waals surface area contributed by atoms with E-state index in [-0.39, 0.29) is 12.2 Å². The summed E-state index contributed by atoms with van der Waals surface area (Å²) in [6.45, 7) is -0.471. The van der Waals surface area contributed by atoms with Crippen LogP contribution in [0.2, 0.25) is 5.02 Å². The Morgan fingerprint density at radius 3 is 2.38 bits per heavy atom. The number of benzene rings is 2. The lowest BCUT2D eigenvalue weighted by Gasteiger charge is -2.40. The molecule has 2 aromatic rings. The second-order valence-corrected chi connectivity index (χ2v) is 9.21. The van der Waals surface area contributed by atoms with Gasteiger partial charge in [-0.2, -0.15) is 0 Å². The highest BCUT2D eigenvalue weighted by atomic mass is 35.5. The van der Waals surface area contributed by atoms with Crippen molar-refractivity contribution < 1.29 is 34.6 Å². The predicted octanol–water partition coefficient (Wildman–Crippen LogP) is 2.14. The first kappa shape index (κ1) is 21.9. The van der Waals surface area contributed by atoms with E-state index in [0.29, 0.717) is 17.0 Å². The molecule has 0 bridgehead atoms. The summed E-state index contributed by atoms with van der Waals surface area (Å²) in [5, 5.41) is 40.6. The average molecular weight is 463 g/mol. The molecule has 0 radical (unpaired) electrons.